The third-order valence-electron chi connectivity index (χ3n) is 3.48. The molecule has 74 valence electrons. The van der Waals surface area contributed by atoms with Gasteiger partial charge in [-0.15, -0.1) is 0 Å². The maximum atomic E-state index is 5.59. The fourth-order valence-electron chi connectivity index (χ4n) is 2.50. The molecule has 0 aromatic carbocycles. The van der Waals surface area contributed by atoms with Crippen LogP contribution in [0.3, 0.4) is 0 Å². The summed E-state index contributed by atoms with van der Waals surface area (Å²) in [5.74, 6) is 1.01. The summed E-state index contributed by atoms with van der Waals surface area (Å²) in [6, 6.07) is 1.32. The molecular formula is C10H18N2O. The van der Waals surface area contributed by atoms with Gasteiger partial charge in [-0.1, -0.05) is 0 Å². The smallest absolute Gasteiger partial charge is 0.0635 e. The third kappa shape index (κ3) is 1.60. The fraction of sp³-hybridized carbons (Fsp3) is 1.00. The Morgan fingerprint density at radius 1 is 1.15 bits per heavy atom. The lowest BCUT2D eigenvalue weighted by atomic mass is 10.1. The van der Waals surface area contributed by atoms with E-state index in [1.54, 1.807) is 0 Å². The Balaban J connectivity index is 1.67. The van der Waals surface area contributed by atoms with Crippen molar-refractivity contribution in [3.8, 4) is 0 Å². The Hall–Kier alpha value is -0.120. The summed E-state index contributed by atoms with van der Waals surface area (Å²) in [5, 5.41) is 3.49. The maximum Gasteiger partial charge on any atom is 0.0635 e. The molecule has 2 atom stereocenters. The van der Waals surface area contributed by atoms with E-state index in [9.17, 15) is 0 Å². The molecule has 1 aliphatic carbocycles. The normalized spacial score (nSPS) is 40.6. The van der Waals surface area contributed by atoms with Gasteiger partial charge in [0, 0.05) is 31.7 Å². The van der Waals surface area contributed by atoms with Gasteiger partial charge in [0.15, 0.2) is 0 Å². The summed E-state index contributed by atoms with van der Waals surface area (Å²) in [4.78, 5) is 2.69. The van der Waals surface area contributed by atoms with Crippen LogP contribution in [0.1, 0.15) is 12.8 Å². The van der Waals surface area contributed by atoms with Gasteiger partial charge in [-0.05, 0) is 18.8 Å². The van der Waals surface area contributed by atoms with Crippen LogP contribution in [0.25, 0.3) is 0 Å². The Labute approximate surface area is 79.4 Å². The number of morpholine rings is 1. The molecule has 0 radical (unpaired) electrons. The number of rotatable bonds is 2. The summed E-state index contributed by atoms with van der Waals surface area (Å²) in [6.45, 7) is 5.47. The lowest BCUT2D eigenvalue weighted by Crippen LogP contribution is -2.63. The summed E-state index contributed by atoms with van der Waals surface area (Å²) < 4.78 is 5.59. The third-order valence-corrected chi connectivity index (χ3v) is 3.48. The molecule has 2 saturated heterocycles. The molecular weight excluding hydrogens is 164 g/mol. The average Bonchev–Trinajstić information content (AvgIpc) is 2.87. The molecule has 2 bridgehead atoms. The zero-order valence-electron chi connectivity index (χ0n) is 8.04. The molecule has 0 aromatic heterocycles. The van der Waals surface area contributed by atoms with Crippen LogP contribution in [0, 0.1) is 5.92 Å². The average molecular weight is 182 g/mol. The number of ether oxygens (including phenoxy) is 1. The van der Waals surface area contributed by atoms with E-state index >= 15 is 0 Å². The highest BCUT2D eigenvalue weighted by atomic mass is 16.5. The Morgan fingerprint density at radius 3 is 2.46 bits per heavy atom. The molecule has 0 spiro atoms. The van der Waals surface area contributed by atoms with E-state index < -0.39 is 0 Å². The topological polar surface area (TPSA) is 24.5 Å². The quantitative estimate of drug-likeness (QED) is 0.654. The number of hydrogen-bond acceptors (Lipinski definition) is 3. The number of hydrogen-bond donors (Lipinski definition) is 1. The van der Waals surface area contributed by atoms with Crippen LogP contribution >= 0.6 is 0 Å². The van der Waals surface area contributed by atoms with Gasteiger partial charge in [-0.2, -0.15) is 0 Å². The predicted molar refractivity (Wildman–Crippen MR) is 50.7 cm³/mol. The second-order valence-electron chi connectivity index (χ2n) is 4.64. The van der Waals surface area contributed by atoms with E-state index in [0.717, 1.165) is 32.2 Å². The van der Waals surface area contributed by atoms with E-state index in [1.165, 1.54) is 19.4 Å². The monoisotopic (exact) mass is 182 g/mol. The van der Waals surface area contributed by atoms with Crippen LogP contribution < -0.4 is 5.32 Å². The van der Waals surface area contributed by atoms with Crippen LogP contribution in [0.4, 0.5) is 0 Å². The minimum atomic E-state index is 0.660. The van der Waals surface area contributed by atoms with E-state index in [4.69, 9.17) is 4.74 Å². The molecule has 1 N–H and O–H groups in total. The SMILES string of the molecule is C1CC1CN1[C@H]2CNC[C@H]1COC2. The van der Waals surface area contributed by atoms with E-state index in [1.807, 2.05) is 0 Å². The van der Waals surface area contributed by atoms with Crippen LogP contribution in [-0.2, 0) is 4.74 Å². The van der Waals surface area contributed by atoms with Crippen molar-refractivity contribution in [3.63, 3.8) is 0 Å². The molecule has 0 amide bonds. The van der Waals surface area contributed by atoms with Crippen molar-refractivity contribution >= 4 is 0 Å². The molecule has 3 heteroatoms. The molecule has 1 saturated carbocycles. The number of nitrogens with zero attached hydrogens (tertiary/aromatic N) is 1. The van der Waals surface area contributed by atoms with Gasteiger partial charge < -0.3 is 10.1 Å². The summed E-state index contributed by atoms with van der Waals surface area (Å²) in [5.41, 5.74) is 0. The standard InChI is InChI=1S/C10H18N2O/c1-2-8(1)5-12-9-3-11-4-10(12)7-13-6-9/h8-11H,1-7H2/t9-,10-/m0/s1. The van der Waals surface area contributed by atoms with E-state index in [-0.39, 0.29) is 0 Å². The van der Waals surface area contributed by atoms with E-state index in [2.05, 4.69) is 10.2 Å². The van der Waals surface area contributed by atoms with Gasteiger partial charge in [0.25, 0.3) is 0 Å². The fourth-order valence-corrected chi connectivity index (χ4v) is 2.50. The summed E-state index contributed by atoms with van der Waals surface area (Å²) in [6.07, 6.45) is 2.93. The zero-order chi connectivity index (χ0) is 8.67. The maximum absolute atomic E-state index is 5.59. The highest BCUT2D eigenvalue weighted by Gasteiger charge is 2.37. The molecule has 3 nitrogen and oxygen atoms in total. The van der Waals surface area contributed by atoms with Crippen molar-refractivity contribution in [2.24, 2.45) is 5.92 Å². The van der Waals surface area contributed by atoms with Crippen molar-refractivity contribution in [2.45, 2.75) is 24.9 Å². The molecule has 13 heavy (non-hydrogen) atoms. The molecule has 3 fully saturated rings. The molecule has 3 aliphatic rings. The van der Waals surface area contributed by atoms with Gasteiger partial charge in [-0.25, -0.2) is 0 Å². The zero-order valence-corrected chi connectivity index (χ0v) is 8.04. The van der Waals surface area contributed by atoms with Crippen LogP contribution in [0.2, 0.25) is 0 Å². The second kappa shape index (κ2) is 3.23. The van der Waals surface area contributed by atoms with Crippen molar-refractivity contribution in [2.75, 3.05) is 32.8 Å². The van der Waals surface area contributed by atoms with Crippen LogP contribution in [0.5, 0.6) is 0 Å². The van der Waals surface area contributed by atoms with Crippen LogP contribution in [0.15, 0.2) is 0 Å². The van der Waals surface area contributed by atoms with Gasteiger partial charge in [0.05, 0.1) is 13.2 Å². The summed E-state index contributed by atoms with van der Waals surface area (Å²) in [7, 11) is 0. The Bertz CT molecular complexity index is 171. The highest BCUT2D eigenvalue weighted by Crippen LogP contribution is 2.32. The molecule has 3 rings (SSSR count). The minimum Gasteiger partial charge on any atom is -0.378 e. The Kier molecular flexibility index (Phi) is 2.04. The highest BCUT2D eigenvalue weighted by molar-refractivity contribution is 4.93. The molecule has 0 unspecified atom stereocenters. The van der Waals surface area contributed by atoms with Crippen molar-refractivity contribution in [3.05, 3.63) is 0 Å². The van der Waals surface area contributed by atoms with Crippen LogP contribution in [-0.4, -0.2) is 49.8 Å². The molecule has 0 aromatic rings. The second-order valence-corrected chi connectivity index (χ2v) is 4.64. The van der Waals surface area contributed by atoms with Gasteiger partial charge in [0.2, 0.25) is 0 Å². The number of nitrogens with one attached hydrogen (secondary N) is 1. The number of piperazine rings is 1. The van der Waals surface area contributed by atoms with Crippen molar-refractivity contribution < 1.29 is 4.74 Å². The molecule has 2 aliphatic heterocycles. The Morgan fingerprint density at radius 2 is 1.85 bits per heavy atom. The minimum absolute atomic E-state index is 0.660. The van der Waals surface area contributed by atoms with Gasteiger partial charge in [0.1, 0.15) is 0 Å². The lowest BCUT2D eigenvalue weighted by molar-refractivity contribution is -0.0663. The van der Waals surface area contributed by atoms with Gasteiger partial charge >= 0.3 is 0 Å². The summed E-state index contributed by atoms with van der Waals surface area (Å²) >= 11 is 0. The molecule has 2 heterocycles. The first-order valence-electron chi connectivity index (χ1n) is 5.47. The first-order valence-corrected chi connectivity index (χ1v) is 5.47. The van der Waals surface area contributed by atoms with Crippen molar-refractivity contribution in [1.82, 2.24) is 10.2 Å². The van der Waals surface area contributed by atoms with Gasteiger partial charge in [-0.3, -0.25) is 4.90 Å². The van der Waals surface area contributed by atoms with E-state index in [0.29, 0.717) is 12.1 Å². The van der Waals surface area contributed by atoms with Crippen molar-refractivity contribution in [1.29, 1.82) is 0 Å². The first kappa shape index (κ1) is 8.21. The lowest BCUT2D eigenvalue weighted by Gasteiger charge is -2.46. The first-order chi connectivity index (χ1) is 6.43. The predicted octanol–water partition coefficient (Wildman–Crippen LogP) is 0.0690. The number of fused-ring (bicyclic) bond motifs is 2. The largest absolute Gasteiger partial charge is 0.378 e.